The number of nitrogen functional groups attached to an aromatic ring is 1. The van der Waals surface area contributed by atoms with Gasteiger partial charge in [0.05, 0.1) is 32.0 Å². The number of ether oxygens (including phenoxy) is 2. The first-order valence-corrected chi connectivity index (χ1v) is 10.6. The van der Waals surface area contributed by atoms with Crippen molar-refractivity contribution in [1.29, 1.82) is 0 Å². The summed E-state index contributed by atoms with van der Waals surface area (Å²) in [6, 6.07) is 6.97. The van der Waals surface area contributed by atoms with Gasteiger partial charge in [0.25, 0.3) is 5.91 Å². The van der Waals surface area contributed by atoms with Crippen molar-refractivity contribution in [1.82, 2.24) is 14.9 Å². The van der Waals surface area contributed by atoms with Gasteiger partial charge in [0.15, 0.2) is 17.3 Å². The number of amides is 1. The molecule has 2 aliphatic rings. The number of piperazine rings is 1. The van der Waals surface area contributed by atoms with Crippen LogP contribution >= 0.6 is 12.4 Å². The monoisotopic (exact) mass is 471 g/mol. The Kier molecular flexibility index (Phi) is 6.33. The molecule has 3 heterocycles. The average Bonchev–Trinajstić information content (AvgIpc) is 3.37. The number of fused-ring (bicyclic) bond motifs is 2. The van der Waals surface area contributed by atoms with Crippen molar-refractivity contribution in [3.05, 3.63) is 48.1 Å². The summed E-state index contributed by atoms with van der Waals surface area (Å²) in [6.45, 7) is 1.10. The zero-order valence-electron chi connectivity index (χ0n) is 18.5. The summed E-state index contributed by atoms with van der Waals surface area (Å²) >= 11 is 0. The number of carbonyl (C=O) groups excluding carboxylic acids is 1. The second-order valence-corrected chi connectivity index (χ2v) is 7.84. The number of methoxy groups -OCH3 is 2. The fourth-order valence-electron chi connectivity index (χ4n) is 4.53. The highest BCUT2D eigenvalue weighted by Crippen LogP contribution is 2.37. The third kappa shape index (κ3) is 3.93. The normalized spacial score (nSPS) is 17.8. The van der Waals surface area contributed by atoms with E-state index in [-0.39, 0.29) is 24.4 Å². The summed E-state index contributed by atoms with van der Waals surface area (Å²) in [7, 11) is 3.16. The summed E-state index contributed by atoms with van der Waals surface area (Å²) in [5.74, 6) is 2.30. The molecular weight excluding hydrogens is 446 g/mol. The lowest BCUT2D eigenvalue weighted by atomic mass is 9.94. The van der Waals surface area contributed by atoms with Gasteiger partial charge in [-0.25, -0.2) is 4.98 Å². The third-order valence-corrected chi connectivity index (χ3v) is 6.08. The largest absolute Gasteiger partial charge is 0.493 e. The molecule has 1 atom stereocenters. The number of nitrogens with zero attached hydrogens (tertiary/aromatic N) is 4. The molecule has 2 N–H and O–H groups in total. The molecule has 0 bridgehead atoms. The molecule has 0 saturated carbocycles. The molecule has 0 spiro atoms. The molecule has 1 fully saturated rings. The van der Waals surface area contributed by atoms with E-state index in [1.165, 1.54) is 6.26 Å². The second-order valence-electron chi connectivity index (χ2n) is 7.84. The Morgan fingerprint density at radius 3 is 2.70 bits per heavy atom. The Morgan fingerprint density at radius 1 is 1.18 bits per heavy atom. The third-order valence-electron chi connectivity index (χ3n) is 6.08. The Hall–Kier alpha value is -3.46. The fraction of sp³-hybridized carbons (Fsp3) is 0.348. The molecule has 9 nitrogen and oxygen atoms in total. The number of hydrogen-bond acceptors (Lipinski definition) is 8. The maximum Gasteiger partial charge on any atom is 0.290 e. The predicted molar refractivity (Wildman–Crippen MR) is 127 cm³/mol. The van der Waals surface area contributed by atoms with E-state index in [2.05, 4.69) is 16.0 Å². The summed E-state index contributed by atoms with van der Waals surface area (Å²) in [6.07, 6.45) is 6.54. The zero-order valence-corrected chi connectivity index (χ0v) is 19.3. The number of allylic oxidation sites excluding steroid dienone is 1. The van der Waals surface area contributed by atoms with Gasteiger partial charge in [-0.15, -0.1) is 12.4 Å². The van der Waals surface area contributed by atoms with Crippen molar-refractivity contribution in [3.8, 4) is 11.5 Å². The van der Waals surface area contributed by atoms with Gasteiger partial charge in [-0.2, -0.15) is 4.98 Å². The maximum atomic E-state index is 13.0. The van der Waals surface area contributed by atoms with Crippen LogP contribution in [0.25, 0.3) is 10.9 Å². The minimum absolute atomic E-state index is 0. The molecule has 0 radical (unpaired) electrons. The highest BCUT2D eigenvalue weighted by molar-refractivity contribution is 5.93. The van der Waals surface area contributed by atoms with E-state index in [0.717, 1.165) is 25.0 Å². The van der Waals surface area contributed by atoms with Crippen LogP contribution in [0.4, 0.5) is 11.8 Å². The van der Waals surface area contributed by atoms with Gasteiger partial charge in [-0.3, -0.25) is 4.79 Å². The number of halogens is 1. The molecular formula is C23H26ClN5O4. The van der Waals surface area contributed by atoms with E-state index in [0.29, 0.717) is 53.0 Å². The number of carbonyl (C=O) groups is 1. The van der Waals surface area contributed by atoms with E-state index in [1.807, 2.05) is 4.90 Å². The van der Waals surface area contributed by atoms with Crippen LogP contribution in [0, 0.1) is 0 Å². The first-order valence-electron chi connectivity index (χ1n) is 10.6. The summed E-state index contributed by atoms with van der Waals surface area (Å²) < 4.78 is 16.2. The van der Waals surface area contributed by atoms with E-state index in [1.54, 1.807) is 38.5 Å². The lowest BCUT2D eigenvalue weighted by Gasteiger charge is -2.44. The fourth-order valence-corrected chi connectivity index (χ4v) is 4.53. The standard InChI is InChI=1S/C23H25N5O4.ClH/c1-30-19-12-14-15(13-20(19)31-2)25-23(26-21(14)24)28-10-9-27(16-6-3-4-7-17(16)28)22(29)18-8-5-11-32-18;/h5,7-8,11-13,16H,3-4,6,9-10H2,1-2H3,(H2,24,25,26);1H/t16-;/m1./s1. The van der Waals surface area contributed by atoms with Crippen molar-refractivity contribution >= 4 is 41.0 Å². The van der Waals surface area contributed by atoms with Crippen LogP contribution in [-0.2, 0) is 0 Å². The van der Waals surface area contributed by atoms with Crippen LogP contribution in [0.5, 0.6) is 11.5 Å². The van der Waals surface area contributed by atoms with Gasteiger partial charge in [0.2, 0.25) is 5.95 Å². The molecule has 1 saturated heterocycles. The van der Waals surface area contributed by atoms with Crippen molar-refractivity contribution in [2.75, 3.05) is 37.9 Å². The maximum absolute atomic E-state index is 13.0. The van der Waals surface area contributed by atoms with Gasteiger partial charge in [-0.05, 0) is 37.5 Å². The molecule has 0 unspecified atom stereocenters. The van der Waals surface area contributed by atoms with Crippen molar-refractivity contribution in [3.63, 3.8) is 0 Å². The molecule has 33 heavy (non-hydrogen) atoms. The average molecular weight is 472 g/mol. The van der Waals surface area contributed by atoms with Crippen LogP contribution in [-0.4, -0.2) is 54.1 Å². The first kappa shape index (κ1) is 22.7. The molecule has 2 aromatic heterocycles. The van der Waals surface area contributed by atoms with E-state index >= 15 is 0 Å². The van der Waals surface area contributed by atoms with Gasteiger partial charge in [0, 0.05) is 30.2 Å². The van der Waals surface area contributed by atoms with E-state index in [4.69, 9.17) is 24.6 Å². The van der Waals surface area contributed by atoms with Crippen LogP contribution in [0.2, 0.25) is 0 Å². The molecule has 1 aliphatic carbocycles. The van der Waals surface area contributed by atoms with Crippen molar-refractivity contribution in [2.45, 2.75) is 25.3 Å². The van der Waals surface area contributed by atoms with Gasteiger partial charge in [0.1, 0.15) is 5.82 Å². The van der Waals surface area contributed by atoms with Crippen molar-refractivity contribution in [2.24, 2.45) is 0 Å². The van der Waals surface area contributed by atoms with E-state index in [9.17, 15) is 4.79 Å². The Labute approximate surface area is 197 Å². The smallest absolute Gasteiger partial charge is 0.290 e. The summed E-state index contributed by atoms with van der Waals surface area (Å²) in [5, 5.41) is 0.701. The number of benzene rings is 1. The quantitative estimate of drug-likeness (QED) is 0.614. The number of furan rings is 1. The van der Waals surface area contributed by atoms with Gasteiger partial charge >= 0.3 is 0 Å². The Morgan fingerprint density at radius 2 is 1.97 bits per heavy atom. The lowest BCUT2D eigenvalue weighted by molar-refractivity contribution is 0.0639. The van der Waals surface area contributed by atoms with Crippen LogP contribution in [0.15, 0.2) is 46.7 Å². The topological polar surface area (TPSA) is 107 Å². The van der Waals surface area contributed by atoms with E-state index < -0.39 is 0 Å². The van der Waals surface area contributed by atoms with Crippen LogP contribution in [0.1, 0.15) is 29.8 Å². The van der Waals surface area contributed by atoms with Gasteiger partial charge in [-0.1, -0.05) is 6.08 Å². The molecule has 174 valence electrons. The van der Waals surface area contributed by atoms with Gasteiger partial charge < -0.3 is 29.4 Å². The first-order chi connectivity index (χ1) is 15.6. The van der Waals surface area contributed by atoms with Crippen LogP contribution in [0.3, 0.4) is 0 Å². The summed E-state index contributed by atoms with van der Waals surface area (Å²) in [4.78, 5) is 26.4. The highest BCUT2D eigenvalue weighted by atomic mass is 35.5. The number of hydrogen-bond donors (Lipinski definition) is 1. The second kappa shape index (κ2) is 9.19. The molecule has 10 heteroatoms. The minimum Gasteiger partial charge on any atom is -0.493 e. The number of nitrogens with two attached hydrogens (primary N) is 1. The zero-order chi connectivity index (χ0) is 22.2. The van der Waals surface area contributed by atoms with Crippen LogP contribution < -0.4 is 20.1 Å². The molecule has 1 aliphatic heterocycles. The van der Waals surface area contributed by atoms with Crippen molar-refractivity contribution < 1.29 is 18.7 Å². The SMILES string of the molecule is COc1cc2nc(N3CCN(C(=O)c4ccco4)[C@@H]4CCCC=C43)nc(N)c2cc1OC.Cl. The molecule has 3 aromatic rings. The Balaban J connectivity index is 0.00000259. The number of rotatable bonds is 4. The lowest BCUT2D eigenvalue weighted by Crippen LogP contribution is -2.54. The molecule has 5 rings (SSSR count). The Bertz CT molecular complexity index is 1200. The number of anilines is 2. The minimum atomic E-state index is -0.0942. The molecule has 1 amide bonds. The number of aromatic nitrogens is 2. The predicted octanol–water partition coefficient (Wildman–Crippen LogP) is 3.64. The highest BCUT2D eigenvalue weighted by Gasteiger charge is 2.38. The molecule has 1 aromatic carbocycles. The summed E-state index contributed by atoms with van der Waals surface area (Å²) in [5.41, 5.74) is 8.02.